The maximum Gasteiger partial charge on any atom is 0.175 e. The fourth-order valence-corrected chi connectivity index (χ4v) is 2.43. The molecule has 1 heterocycles. The van der Waals surface area contributed by atoms with Gasteiger partial charge in [-0.15, -0.1) is 10.2 Å². The fraction of sp³-hybridized carbons (Fsp3) is 0.167. The van der Waals surface area contributed by atoms with E-state index >= 15 is 0 Å². The van der Waals surface area contributed by atoms with E-state index in [2.05, 4.69) is 32.2 Å². The van der Waals surface area contributed by atoms with E-state index in [1.165, 1.54) is 0 Å². The third-order valence-corrected chi connectivity index (χ3v) is 3.37. The average Bonchev–Trinajstić information content (AvgIpc) is 2.32. The zero-order valence-electron chi connectivity index (χ0n) is 9.57. The molecule has 1 aromatic carbocycles. The Morgan fingerprint density at radius 1 is 1.22 bits per heavy atom. The van der Waals surface area contributed by atoms with Gasteiger partial charge >= 0.3 is 0 Å². The maximum absolute atomic E-state index is 6.01. The van der Waals surface area contributed by atoms with Gasteiger partial charge in [0.2, 0.25) is 0 Å². The number of nitrogens with zero attached hydrogens (tertiary/aromatic N) is 3. The first kappa shape index (κ1) is 13.6. The molecule has 2 aromatic rings. The Hall–Kier alpha value is -0.840. The molecule has 0 radical (unpaired) electrons. The van der Waals surface area contributed by atoms with Crippen molar-refractivity contribution in [1.29, 1.82) is 0 Å². The molecule has 0 N–H and O–H groups in total. The summed E-state index contributed by atoms with van der Waals surface area (Å²) in [7, 11) is 1.93. The second-order valence-electron chi connectivity index (χ2n) is 3.83. The highest BCUT2D eigenvalue weighted by Gasteiger charge is 2.09. The summed E-state index contributed by atoms with van der Waals surface area (Å²) in [6.07, 6.45) is 0. The van der Waals surface area contributed by atoms with Gasteiger partial charge in [-0.05, 0) is 17.7 Å². The molecule has 0 aliphatic heterocycles. The van der Waals surface area contributed by atoms with Gasteiger partial charge in [0.1, 0.15) is 0 Å². The van der Waals surface area contributed by atoms with Gasteiger partial charge in [-0.3, -0.25) is 0 Å². The monoisotopic (exact) mass is 345 g/mol. The molecule has 0 saturated heterocycles. The molecular formula is C12H10BrCl2N3. The lowest BCUT2D eigenvalue weighted by atomic mass is 10.2. The lowest BCUT2D eigenvalue weighted by molar-refractivity contribution is 0.903. The van der Waals surface area contributed by atoms with Gasteiger partial charge in [0.15, 0.2) is 10.3 Å². The molecular weight excluding hydrogens is 337 g/mol. The third-order valence-electron chi connectivity index (χ3n) is 2.42. The molecule has 0 amide bonds. The molecule has 0 saturated carbocycles. The van der Waals surface area contributed by atoms with Crippen molar-refractivity contribution in [3.8, 4) is 0 Å². The molecule has 0 fully saturated rings. The van der Waals surface area contributed by atoms with Crippen LogP contribution in [0.15, 0.2) is 34.8 Å². The van der Waals surface area contributed by atoms with Crippen molar-refractivity contribution in [2.45, 2.75) is 6.54 Å². The second-order valence-corrected chi connectivity index (χ2v) is 5.49. The summed E-state index contributed by atoms with van der Waals surface area (Å²) in [5.74, 6) is 0. The summed E-state index contributed by atoms with van der Waals surface area (Å²) in [5, 5.41) is 8.16. The predicted molar refractivity (Wildman–Crippen MR) is 78.3 cm³/mol. The van der Waals surface area contributed by atoms with Crippen LogP contribution in [-0.2, 0) is 6.54 Å². The number of rotatable bonds is 3. The molecule has 3 nitrogen and oxygen atoms in total. The average molecular weight is 347 g/mol. The minimum absolute atomic E-state index is 0.329. The molecule has 0 unspecified atom stereocenters. The van der Waals surface area contributed by atoms with E-state index in [0.29, 0.717) is 16.9 Å². The van der Waals surface area contributed by atoms with Crippen LogP contribution in [0.5, 0.6) is 0 Å². The summed E-state index contributed by atoms with van der Waals surface area (Å²) in [5.41, 5.74) is 1.92. The lowest BCUT2D eigenvalue weighted by Gasteiger charge is -2.20. The molecule has 0 aliphatic carbocycles. The standard InChI is InChI=1S/C12H10BrCl2N3/c1-18(7-8-3-2-4-9(13)5-8)10-6-11(14)16-17-12(10)15/h2-6H,7H2,1H3. The van der Waals surface area contributed by atoms with Crippen molar-refractivity contribution in [2.75, 3.05) is 11.9 Å². The van der Waals surface area contributed by atoms with E-state index in [9.17, 15) is 0 Å². The summed E-state index contributed by atoms with van der Waals surface area (Å²) < 4.78 is 1.05. The van der Waals surface area contributed by atoms with Crippen molar-refractivity contribution in [3.05, 3.63) is 50.7 Å². The first-order chi connectivity index (χ1) is 8.56. The zero-order valence-corrected chi connectivity index (χ0v) is 12.7. The number of hydrogen-bond acceptors (Lipinski definition) is 3. The molecule has 18 heavy (non-hydrogen) atoms. The van der Waals surface area contributed by atoms with Crippen molar-refractivity contribution < 1.29 is 0 Å². The summed E-state index contributed by atoms with van der Waals surface area (Å²) in [6, 6.07) is 9.79. The van der Waals surface area contributed by atoms with E-state index in [-0.39, 0.29) is 0 Å². The molecule has 1 aromatic heterocycles. The largest absolute Gasteiger partial charge is 0.368 e. The highest BCUT2D eigenvalue weighted by atomic mass is 79.9. The number of anilines is 1. The van der Waals surface area contributed by atoms with Gasteiger partial charge in [-0.25, -0.2) is 0 Å². The van der Waals surface area contributed by atoms with Crippen LogP contribution in [0.2, 0.25) is 10.3 Å². The maximum atomic E-state index is 6.01. The predicted octanol–water partition coefficient (Wildman–Crippen LogP) is 4.18. The molecule has 0 spiro atoms. The van der Waals surface area contributed by atoms with Crippen molar-refractivity contribution in [3.63, 3.8) is 0 Å². The molecule has 6 heteroatoms. The Morgan fingerprint density at radius 3 is 2.72 bits per heavy atom. The second kappa shape index (κ2) is 5.87. The van der Waals surface area contributed by atoms with Crippen LogP contribution in [-0.4, -0.2) is 17.2 Å². The van der Waals surface area contributed by atoms with Gasteiger partial charge < -0.3 is 4.90 Å². The van der Waals surface area contributed by atoms with E-state index in [1.54, 1.807) is 6.07 Å². The van der Waals surface area contributed by atoms with Gasteiger partial charge in [-0.2, -0.15) is 0 Å². The number of halogens is 3. The quantitative estimate of drug-likeness (QED) is 0.834. The topological polar surface area (TPSA) is 29.0 Å². The molecule has 0 aliphatic rings. The van der Waals surface area contributed by atoms with Gasteiger partial charge in [-0.1, -0.05) is 51.3 Å². The van der Waals surface area contributed by atoms with E-state index in [4.69, 9.17) is 23.2 Å². The first-order valence-electron chi connectivity index (χ1n) is 5.20. The minimum Gasteiger partial charge on any atom is -0.368 e. The fourth-order valence-electron chi connectivity index (χ4n) is 1.61. The minimum atomic E-state index is 0.329. The van der Waals surface area contributed by atoms with E-state index in [0.717, 1.165) is 15.7 Å². The van der Waals surface area contributed by atoms with Gasteiger partial charge in [0, 0.05) is 24.1 Å². The Balaban J connectivity index is 2.21. The smallest absolute Gasteiger partial charge is 0.175 e. The number of aromatic nitrogens is 2. The Labute approximate surface area is 124 Å². The van der Waals surface area contributed by atoms with Crippen LogP contribution in [0.4, 0.5) is 5.69 Å². The molecule has 94 valence electrons. The first-order valence-corrected chi connectivity index (χ1v) is 6.75. The number of hydrogen-bond donors (Lipinski definition) is 0. The molecule has 0 bridgehead atoms. The van der Waals surface area contributed by atoms with Crippen LogP contribution in [0.1, 0.15) is 5.56 Å². The van der Waals surface area contributed by atoms with Crippen LogP contribution in [0.25, 0.3) is 0 Å². The lowest BCUT2D eigenvalue weighted by Crippen LogP contribution is -2.17. The van der Waals surface area contributed by atoms with Gasteiger partial charge in [0.25, 0.3) is 0 Å². The highest BCUT2D eigenvalue weighted by molar-refractivity contribution is 9.10. The number of benzene rings is 1. The van der Waals surface area contributed by atoms with Gasteiger partial charge in [0.05, 0.1) is 5.69 Å². The Morgan fingerprint density at radius 2 is 2.00 bits per heavy atom. The Bertz CT molecular complexity index is 563. The van der Waals surface area contributed by atoms with Crippen LogP contribution in [0, 0.1) is 0 Å². The Kier molecular flexibility index (Phi) is 4.43. The van der Waals surface area contributed by atoms with Crippen molar-refractivity contribution in [2.24, 2.45) is 0 Å². The summed E-state index contributed by atoms with van der Waals surface area (Å²) >= 11 is 15.3. The van der Waals surface area contributed by atoms with Crippen LogP contribution < -0.4 is 4.90 Å². The van der Waals surface area contributed by atoms with Crippen LogP contribution in [0.3, 0.4) is 0 Å². The molecule has 2 rings (SSSR count). The summed E-state index contributed by atoms with van der Waals surface area (Å²) in [6.45, 7) is 0.710. The molecule has 0 atom stereocenters. The summed E-state index contributed by atoms with van der Waals surface area (Å²) in [4.78, 5) is 1.98. The zero-order chi connectivity index (χ0) is 13.1. The third kappa shape index (κ3) is 3.34. The highest BCUT2D eigenvalue weighted by Crippen LogP contribution is 2.25. The SMILES string of the molecule is CN(Cc1cccc(Br)c1)c1cc(Cl)nnc1Cl. The van der Waals surface area contributed by atoms with Crippen molar-refractivity contribution in [1.82, 2.24) is 10.2 Å². The van der Waals surface area contributed by atoms with Crippen molar-refractivity contribution >= 4 is 44.8 Å². The van der Waals surface area contributed by atoms with Crippen LogP contribution >= 0.6 is 39.1 Å². The van der Waals surface area contributed by atoms with E-state index in [1.807, 2.05) is 30.1 Å². The normalized spacial score (nSPS) is 10.4. The van der Waals surface area contributed by atoms with E-state index < -0.39 is 0 Å².